The molecule has 0 unspecified atom stereocenters. The van der Waals surface area contributed by atoms with Crippen LogP contribution in [0.15, 0.2) is 72.8 Å². The largest absolute Gasteiger partial charge is 0.294 e. The van der Waals surface area contributed by atoms with Gasteiger partial charge in [-0.3, -0.25) is 9.59 Å². The molecule has 3 aromatic carbocycles. The first kappa shape index (κ1) is 14.2. The van der Waals surface area contributed by atoms with Gasteiger partial charge in [0.2, 0.25) is 0 Å². The third kappa shape index (κ3) is 1.53. The Hall–Kier alpha value is -3.00. The Bertz CT molecular complexity index is 976. The SMILES string of the molecule is O=C1c2ccccc2C(=O)[C@H]2C3c4ccccc4C(c4ccccc43)[C@H]12. The van der Waals surface area contributed by atoms with Crippen LogP contribution < -0.4 is 0 Å². The van der Waals surface area contributed by atoms with E-state index in [1.165, 1.54) is 22.3 Å². The molecular weight excluding hydrogens is 320 g/mol. The quantitative estimate of drug-likeness (QED) is 0.602. The first-order valence-corrected chi connectivity index (χ1v) is 9.12. The van der Waals surface area contributed by atoms with Gasteiger partial charge in [-0.25, -0.2) is 0 Å². The van der Waals surface area contributed by atoms with E-state index in [4.69, 9.17) is 0 Å². The standard InChI is InChI=1S/C24H16O2/c25-23-17-11-5-6-12-18(17)24(26)22-20-14-8-2-1-7-13(14)19(21(22)23)15-9-3-4-10-16(15)20/h1-12,19-22H/t19?,20?,21-,22-/m0/s1. The fourth-order valence-corrected chi connectivity index (χ4v) is 5.58. The summed E-state index contributed by atoms with van der Waals surface area (Å²) in [5.41, 5.74) is 6.08. The van der Waals surface area contributed by atoms with Gasteiger partial charge in [-0.2, -0.15) is 0 Å². The van der Waals surface area contributed by atoms with E-state index < -0.39 is 0 Å². The van der Waals surface area contributed by atoms with E-state index in [-0.39, 0.29) is 35.2 Å². The van der Waals surface area contributed by atoms with Gasteiger partial charge in [-0.15, -0.1) is 0 Å². The van der Waals surface area contributed by atoms with Crippen molar-refractivity contribution in [1.29, 1.82) is 0 Å². The maximum Gasteiger partial charge on any atom is 0.168 e. The topological polar surface area (TPSA) is 34.1 Å². The van der Waals surface area contributed by atoms with Crippen LogP contribution in [0.25, 0.3) is 0 Å². The maximum absolute atomic E-state index is 13.5. The van der Waals surface area contributed by atoms with Gasteiger partial charge in [0.1, 0.15) is 0 Å². The van der Waals surface area contributed by atoms with Crippen LogP contribution >= 0.6 is 0 Å². The molecule has 0 fully saturated rings. The van der Waals surface area contributed by atoms with Crippen molar-refractivity contribution in [2.45, 2.75) is 11.8 Å². The van der Waals surface area contributed by atoms with Gasteiger partial charge in [-0.1, -0.05) is 72.8 Å². The molecule has 2 bridgehead atoms. The Labute approximate surface area is 151 Å². The Morgan fingerprint density at radius 1 is 0.462 bits per heavy atom. The number of ketones is 2. The number of Topliss-reactive ketones (excluding diaryl/α,β-unsaturated/α-hetero) is 2. The highest BCUT2D eigenvalue weighted by Crippen LogP contribution is 2.60. The second-order valence-electron chi connectivity index (χ2n) is 7.54. The fraction of sp³-hybridized carbons (Fsp3) is 0.167. The van der Waals surface area contributed by atoms with E-state index in [1.54, 1.807) is 0 Å². The molecule has 7 rings (SSSR count). The summed E-state index contributed by atoms with van der Waals surface area (Å²) in [5.74, 6) is -0.364. The molecule has 0 N–H and O–H groups in total. The van der Waals surface area contributed by atoms with Crippen LogP contribution in [-0.2, 0) is 0 Å². The zero-order valence-corrected chi connectivity index (χ0v) is 14.1. The molecule has 0 aliphatic heterocycles. The summed E-state index contributed by atoms with van der Waals surface area (Å²) in [6.07, 6.45) is 0. The molecule has 2 nitrogen and oxygen atoms in total. The molecule has 0 heterocycles. The number of hydrogen-bond acceptors (Lipinski definition) is 2. The first-order valence-electron chi connectivity index (χ1n) is 9.12. The summed E-state index contributed by atoms with van der Waals surface area (Å²) in [4.78, 5) is 26.9. The van der Waals surface area contributed by atoms with Crippen molar-refractivity contribution >= 4 is 11.6 Å². The van der Waals surface area contributed by atoms with Gasteiger partial charge < -0.3 is 0 Å². The molecule has 2 atom stereocenters. The second kappa shape index (κ2) is 4.79. The summed E-state index contributed by atoms with van der Waals surface area (Å²) in [5, 5.41) is 0. The first-order chi connectivity index (χ1) is 12.8. The Morgan fingerprint density at radius 2 is 0.769 bits per heavy atom. The number of benzene rings is 3. The van der Waals surface area contributed by atoms with Gasteiger partial charge in [-0.05, 0) is 22.3 Å². The van der Waals surface area contributed by atoms with Crippen LogP contribution in [0, 0.1) is 11.8 Å². The second-order valence-corrected chi connectivity index (χ2v) is 7.54. The highest BCUT2D eigenvalue weighted by Gasteiger charge is 2.57. The van der Waals surface area contributed by atoms with Crippen LogP contribution in [0.3, 0.4) is 0 Å². The van der Waals surface area contributed by atoms with Crippen molar-refractivity contribution in [3.8, 4) is 0 Å². The fourth-order valence-electron chi connectivity index (χ4n) is 5.58. The Balaban J connectivity index is 1.69. The predicted molar refractivity (Wildman–Crippen MR) is 98.7 cm³/mol. The molecule has 124 valence electrons. The van der Waals surface area contributed by atoms with Gasteiger partial charge in [0, 0.05) is 34.8 Å². The van der Waals surface area contributed by atoms with Crippen molar-refractivity contribution in [3.05, 3.63) is 106 Å². The molecular formula is C24H16O2. The highest BCUT2D eigenvalue weighted by atomic mass is 16.1. The van der Waals surface area contributed by atoms with Gasteiger partial charge >= 0.3 is 0 Å². The summed E-state index contributed by atoms with van der Waals surface area (Å²) in [6.45, 7) is 0. The van der Waals surface area contributed by atoms with E-state index in [0.717, 1.165) is 0 Å². The molecule has 0 spiro atoms. The lowest BCUT2D eigenvalue weighted by Gasteiger charge is -2.51. The average Bonchev–Trinajstić information content (AvgIpc) is 2.71. The van der Waals surface area contributed by atoms with Crippen LogP contribution in [0.2, 0.25) is 0 Å². The van der Waals surface area contributed by atoms with Crippen molar-refractivity contribution in [2.24, 2.45) is 11.8 Å². The molecule has 3 aromatic rings. The highest BCUT2D eigenvalue weighted by molar-refractivity contribution is 6.17. The van der Waals surface area contributed by atoms with E-state index in [9.17, 15) is 9.59 Å². The monoisotopic (exact) mass is 336 g/mol. The lowest BCUT2D eigenvalue weighted by atomic mass is 9.50. The van der Waals surface area contributed by atoms with Crippen LogP contribution in [0.4, 0.5) is 0 Å². The molecule has 2 heteroatoms. The number of hydrogen-bond donors (Lipinski definition) is 0. The van der Waals surface area contributed by atoms with Crippen molar-refractivity contribution in [1.82, 2.24) is 0 Å². The predicted octanol–water partition coefficient (Wildman–Crippen LogP) is 4.59. The minimum atomic E-state index is -0.285. The van der Waals surface area contributed by atoms with Crippen molar-refractivity contribution in [3.63, 3.8) is 0 Å². The molecule has 4 aliphatic carbocycles. The van der Waals surface area contributed by atoms with E-state index in [1.807, 2.05) is 48.5 Å². The summed E-state index contributed by atoms with van der Waals surface area (Å²) in [6, 6.07) is 24.0. The zero-order chi connectivity index (χ0) is 17.4. The van der Waals surface area contributed by atoms with Gasteiger partial charge in [0.05, 0.1) is 0 Å². The average molecular weight is 336 g/mol. The third-order valence-electron chi connectivity index (χ3n) is 6.50. The minimum Gasteiger partial charge on any atom is -0.294 e. The molecule has 0 saturated carbocycles. The van der Waals surface area contributed by atoms with E-state index in [0.29, 0.717) is 11.1 Å². The molecule has 26 heavy (non-hydrogen) atoms. The van der Waals surface area contributed by atoms with Crippen molar-refractivity contribution < 1.29 is 9.59 Å². The molecule has 0 amide bonds. The van der Waals surface area contributed by atoms with E-state index in [2.05, 4.69) is 24.3 Å². The lowest BCUT2D eigenvalue weighted by molar-refractivity contribution is 0.0664. The Morgan fingerprint density at radius 3 is 1.12 bits per heavy atom. The molecule has 4 aliphatic rings. The lowest BCUT2D eigenvalue weighted by Crippen LogP contribution is -2.49. The molecule has 0 radical (unpaired) electrons. The minimum absolute atomic E-state index is 0.0257. The maximum atomic E-state index is 13.5. The van der Waals surface area contributed by atoms with Crippen LogP contribution in [0.1, 0.15) is 54.8 Å². The van der Waals surface area contributed by atoms with Crippen LogP contribution in [0.5, 0.6) is 0 Å². The molecule has 0 aromatic heterocycles. The summed E-state index contributed by atoms with van der Waals surface area (Å²) in [7, 11) is 0. The number of carbonyl (C=O) groups is 2. The summed E-state index contributed by atoms with van der Waals surface area (Å²) < 4.78 is 0. The van der Waals surface area contributed by atoms with E-state index >= 15 is 0 Å². The normalized spacial score (nSPS) is 27.4. The number of rotatable bonds is 0. The zero-order valence-electron chi connectivity index (χ0n) is 14.1. The summed E-state index contributed by atoms with van der Waals surface area (Å²) >= 11 is 0. The smallest absolute Gasteiger partial charge is 0.168 e. The molecule has 0 saturated heterocycles. The number of carbonyl (C=O) groups excluding carboxylic acids is 2. The Kier molecular flexibility index (Phi) is 2.62. The van der Waals surface area contributed by atoms with Crippen LogP contribution in [-0.4, -0.2) is 11.6 Å². The van der Waals surface area contributed by atoms with Crippen molar-refractivity contribution in [2.75, 3.05) is 0 Å². The number of fused-ring (bicyclic) bond motifs is 1. The third-order valence-corrected chi connectivity index (χ3v) is 6.50. The van der Waals surface area contributed by atoms with Gasteiger partial charge in [0.25, 0.3) is 0 Å². The van der Waals surface area contributed by atoms with Gasteiger partial charge in [0.15, 0.2) is 11.6 Å².